The Balaban J connectivity index is 1.86. The molecule has 0 aliphatic heterocycles. The van der Waals surface area contributed by atoms with E-state index in [4.69, 9.17) is 4.74 Å². The Morgan fingerprint density at radius 3 is 2.48 bits per heavy atom. The maximum Gasteiger partial charge on any atom is 0.147 e. The third kappa shape index (κ3) is 2.58. The molecule has 2 nitrogen and oxygen atoms in total. The van der Waals surface area contributed by atoms with Crippen molar-refractivity contribution in [1.82, 2.24) is 0 Å². The second-order valence-electron chi connectivity index (χ2n) is 5.86. The molecule has 21 heavy (non-hydrogen) atoms. The fourth-order valence-electron chi connectivity index (χ4n) is 3.00. The van der Waals surface area contributed by atoms with E-state index in [1.807, 2.05) is 37.3 Å². The first-order valence-electron chi connectivity index (χ1n) is 7.38. The Morgan fingerprint density at radius 2 is 1.86 bits per heavy atom. The molecule has 1 aliphatic rings. The summed E-state index contributed by atoms with van der Waals surface area (Å²) < 4.78 is 5.39. The van der Waals surface area contributed by atoms with Crippen molar-refractivity contribution in [2.45, 2.75) is 31.6 Å². The molecule has 0 atom stereocenters. The monoisotopic (exact) mass is 280 g/mol. The lowest BCUT2D eigenvalue weighted by Gasteiger charge is -2.16. The van der Waals surface area contributed by atoms with Crippen LogP contribution >= 0.6 is 0 Å². The number of carbonyl (C=O) groups is 1. The van der Waals surface area contributed by atoms with Crippen LogP contribution in [0.4, 0.5) is 0 Å². The number of methoxy groups -OCH3 is 1. The maximum absolute atomic E-state index is 12.8. The predicted molar refractivity (Wildman–Crippen MR) is 83.8 cm³/mol. The van der Waals surface area contributed by atoms with Crippen molar-refractivity contribution in [3.8, 4) is 5.75 Å². The lowest BCUT2D eigenvalue weighted by Crippen LogP contribution is -2.22. The third-order valence-corrected chi connectivity index (χ3v) is 4.40. The van der Waals surface area contributed by atoms with Crippen LogP contribution < -0.4 is 4.74 Å². The number of rotatable bonds is 5. The molecule has 1 aliphatic carbocycles. The van der Waals surface area contributed by atoms with Gasteiger partial charge in [0.1, 0.15) is 11.5 Å². The zero-order valence-electron chi connectivity index (χ0n) is 12.6. The topological polar surface area (TPSA) is 26.3 Å². The highest BCUT2D eigenvalue weighted by Crippen LogP contribution is 2.49. The van der Waals surface area contributed by atoms with Gasteiger partial charge in [-0.15, -0.1) is 0 Å². The number of ketones is 1. The van der Waals surface area contributed by atoms with Crippen LogP contribution in [0.25, 0.3) is 0 Å². The standard InChI is InChI=1S/C19H20O2/c1-14-8-9-17(21-2)15(12-14)13-18(20)19(10-11-19)16-6-4-3-5-7-16/h3-9,12H,10-11,13H2,1-2H3. The Bertz CT molecular complexity index is 655. The highest BCUT2D eigenvalue weighted by Gasteiger charge is 2.50. The summed E-state index contributed by atoms with van der Waals surface area (Å²) in [6.45, 7) is 2.04. The van der Waals surface area contributed by atoms with E-state index >= 15 is 0 Å². The van der Waals surface area contributed by atoms with Gasteiger partial charge in [-0.3, -0.25) is 4.79 Å². The van der Waals surface area contributed by atoms with Gasteiger partial charge in [0.15, 0.2) is 0 Å². The van der Waals surface area contributed by atoms with Crippen LogP contribution in [0, 0.1) is 6.92 Å². The average Bonchev–Trinajstić information content (AvgIpc) is 3.30. The third-order valence-electron chi connectivity index (χ3n) is 4.40. The second kappa shape index (κ2) is 5.36. The summed E-state index contributed by atoms with van der Waals surface area (Å²) in [4.78, 5) is 12.8. The van der Waals surface area contributed by atoms with E-state index in [9.17, 15) is 4.79 Å². The first kappa shape index (κ1) is 13.9. The van der Waals surface area contributed by atoms with E-state index in [0.29, 0.717) is 12.2 Å². The summed E-state index contributed by atoms with van der Waals surface area (Å²) in [6.07, 6.45) is 2.37. The van der Waals surface area contributed by atoms with Gasteiger partial charge in [0.25, 0.3) is 0 Å². The van der Waals surface area contributed by atoms with E-state index < -0.39 is 0 Å². The van der Waals surface area contributed by atoms with E-state index in [1.54, 1.807) is 7.11 Å². The van der Waals surface area contributed by atoms with Crippen molar-refractivity contribution in [3.05, 3.63) is 65.2 Å². The van der Waals surface area contributed by atoms with E-state index in [0.717, 1.165) is 35.3 Å². The van der Waals surface area contributed by atoms with Crippen LogP contribution in [0.3, 0.4) is 0 Å². The molecular formula is C19H20O2. The first-order chi connectivity index (χ1) is 10.2. The Hall–Kier alpha value is -2.09. The van der Waals surface area contributed by atoms with Crippen LogP contribution in [0.2, 0.25) is 0 Å². The minimum absolute atomic E-state index is 0.254. The molecule has 1 saturated carbocycles. The van der Waals surface area contributed by atoms with Crippen LogP contribution in [0.1, 0.15) is 29.5 Å². The van der Waals surface area contributed by atoms with Crippen LogP contribution in [0.5, 0.6) is 5.75 Å². The smallest absolute Gasteiger partial charge is 0.147 e. The van der Waals surface area contributed by atoms with Gasteiger partial charge in [0.05, 0.1) is 12.5 Å². The van der Waals surface area contributed by atoms with Gasteiger partial charge in [-0.05, 0) is 31.4 Å². The molecule has 108 valence electrons. The molecule has 0 heterocycles. The minimum Gasteiger partial charge on any atom is -0.496 e. The zero-order valence-corrected chi connectivity index (χ0v) is 12.6. The highest BCUT2D eigenvalue weighted by atomic mass is 16.5. The van der Waals surface area contributed by atoms with Crippen molar-refractivity contribution < 1.29 is 9.53 Å². The molecule has 0 N–H and O–H groups in total. The fraction of sp³-hybridized carbons (Fsp3) is 0.316. The van der Waals surface area contributed by atoms with Gasteiger partial charge in [-0.1, -0.05) is 48.0 Å². The molecule has 1 fully saturated rings. The van der Waals surface area contributed by atoms with Gasteiger partial charge in [0.2, 0.25) is 0 Å². The van der Waals surface area contributed by atoms with E-state index in [1.165, 1.54) is 0 Å². The number of ether oxygens (including phenoxy) is 1. The van der Waals surface area contributed by atoms with Crippen molar-refractivity contribution in [2.24, 2.45) is 0 Å². The van der Waals surface area contributed by atoms with Crippen molar-refractivity contribution in [2.75, 3.05) is 7.11 Å². The molecule has 0 aromatic heterocycles. The zero-order chi connectivity index (χ0) is 14.9. The molecule has 2 aromatic carbocycles. The summed E-state index contributed by atoms with van der Waals surface area (Å²) in [6, 6.07) is 16.2. The molecule has 0 saturated heterocycles. The lowest BCUT2D eigenvalue weighted by molar-refractivity contribution is -0.120. The molecule has 0 bridgehead atoms. The Kier molecular flexibility index (Phi) is 3.54. The summed E-state index contributed by atoms with van der Waals surface area (Å²) in [5, 5.41) is 0. The normalized spacial score (nSPS) is 15.5. The minimum atomic E-state index is -0.254. The molecule has 0 unspecified atom stereocenters. The van der Waals surface area contributed by atoms with Crippen molar-refractivity contribution in [3.63, 3.8) is 0 Å². The number of hydrogen-bond acceptors (Lipinski definition) is 2. The summed E-state index contributed by atoms with van der Waals surface area (Å²) >= 11 is 0. The maximum atomic E-state index is 12.8. The summed E-state index contributed by atoms with van der Waals surface area (Å²) in [7, 11) is 1.66. The molecular weight excluding hydrogens is 260 g/mol. The predicted octanol–water partition coefficient (Wildman–Crippen LogP) is 3.85. The molecule has 0 spiro atoms. The van der Waals surface area contributed by atoms with Crippen molar-refractivity contribution >= 4 is 5.78 Å². The molecule has 2 aromatic rings. The van der Waals surface area contributed by atoms with Crippen LogP contribution in [0.15, 0.2) is 48.5 Å². The molecule has 0 amide bonds. The van der Waals surface area contributed by atoms with Gasteiger partial charge < -0.3 is 4.74 Å². The van der Waals surface area contributed by atoms with Crippen molar-refractivity contribution in [1.29, 1.82) is 0 Å². The van der Waals surface area contributed by atoms with Gasteiger partial charge >= 0.3 is 0 Å². The number of aryl methyl sites for hydroxylation is 1. The molecule has 3 rings (SSSR count). The number of benzene rings is 2. The molecule has 2 heteroatoms. The summed E-state index contributed by atoms with van der Waals surface area (Å²) in [5.41, 5.74) is 3.05. The van der Waals surface area contributed by atoms with Gasteiger partial charge in [-0.25, -0.2) is 0 Å². The molecule has 0 radical (unpaired) electrons. The van der Waals surface area contributed by atoms with Gasteiger partial charge in [0, 0.05) is 12.0 Å². The average molecular weight is 280 g/mol. The lowest BCUT2D eigenvalue weighted by atomic mass is 9.87. The van der Waals surface area contributed by atoms with Gasteiger partial charge in [-0.2, -0.15) is 0 Å². The largest absolute Gasteiger partial charge is 0.496 e. The second-order valence-corrected chi connectivity index (χ2v) is 5.86. The fourth-order valence-corrected chi connectivity index (χ4v) is 3.00. The quantitative estimate of drug-likeness (QED) is 0.831. The first-order valence-corrected chi connectivity index (χ1v) is 7.38. The SMILES string of the molecule is COc1ccc(C)cc1CC(=O)C1(c2ccccc2)CC1. The van der Waals surface area contributed by atoms with E-state index in [2.05, 4.69) is 18.2 Å². The van der Waals surface area contributed by atoms with Crippen LogP contribution in [-0.4, -0.2) is 12.9 Å². The number of Topliss-reactive ketones (excluding diaryl/α,β-unsaturated/α-hetero) is 1. The summed E-state index contributed by atoms with van der Waals surface area (Å²) in [5.74, 6) is 1.11. The Morgan fingerprint density at radius 1 is 1.14 bits per heavy atom. The Labute approximate surface area is 125 Å². The number of hydrogen-bond donors (Lipinski definition) is 0. The number of carbonyl (C=O) groups excluding carboxylic acids is 1. The van der Waals surface area contributed by atoms with Crippen LogP contribution in [-0.2, 0) is 16.6 Å². The van der Waals surface area contributed by atoms with E-state index in [-0.39, 0.29) is 5.41 Å². The highest BCUT2D eigenvalue weighted by molar-refractivity contribution is 5.94.